The first-order valence-electron chi connectivity index (χ1n) is 6.47. The Bertz CT molecular complexity index is 419. The molecule has 17 heavy (non-hydrogen) atoms. The number of hydrogen-bond acceptors (Lipinski definition) is 1. The Morgan fingerprint density at radius 2 is 1.94 bits per heavy atom. The molecule has 3 atom stereocenters. The van der Waals surface area contributed by atoms with Gasteiger partial charge in [0.2, 0.25) is 0 Å². The van der Waals surface area contributed by atoms with E-state index in [0.717, 1.165) is 17.6 Å². The van der Waals surface area contributed by atoms with Gasteiger partial charge < -0.3 is 4.74 Å². The average Bonchev–Trinajstić information content (AvgIpc) is 2.95. The van der Waals surface area contributed by atoms with E-state index in [9.17, 15) is 0 Å². The summed E-state index contributed by atoms with van der Waals surface area (Å²) in [6, 6.07) is 6.24. The molecule has 92 valence electrons. The van der Waals surface area contributed by atoms with Gasteiger partial charge in [-0.15, -0.1) is 11.6 Å². The van der Waals surface area contributed by atoms with Crippen molar-refractivity contribution < 1.29 is 4.74 Å². The Labute approximate surface area is 108 Å². The molecule has 2 aliphatic rings. The first kappa shape index (κ1) is 11.4. The molecule has 1 aromatic rings. The Balaban J connectivity index is 1.78. The summed E-state index contributed by atoms with van der Waals surface area (Å²) < 4.78 is 5.24. The van der Waals surface area contributed by atoms with Crippen LogP contribution in [-0.4, -0.2) is 7.11 Å². The molecule has 0 aliphatic heterocycles. The van der Waals surface area contributed by atoms with Crippen LogP contribution in [-0.2, 0) is 0 Å². The minimum Gasteiger partial charge on any atom is -0.497 e. The van der Waals surface area contributed by atoms with Crippen LogP contribution < -0.4 is 4.74 Å². The Kier molecular flexibility index (Phi) is 2.82. The molecule has 3 rings (SSSR count). The molecule has 1 aromatic carbocycles. The summed E-state index contributed by atoms with van der Waals surface area (Å²) in [5, 5.41) is 0.189. The van der Waals surface area contributed by atoms with Crippen LogP contribution in [0, 0.1) is 24.7 Å². The van der Waals surface area contributed by atoms with Crippen LogP contribution in [0.4, 0.5) is 0 Å². The zero-order valence-electron chi connectivity index (χ0n) is 10.4. The van der Waals surface area contributed by atoms with E-state index in [-0.39, 0.29) is 5.38 Å². The van der Waals surface area contributed by atoms with E-state index in [1.807, 2.05) is 6.07 Å². The third kappa shape index (κ3) is 2.06. The standard InChI is InChI=1S/C15H19ClO/c1-9-5-13(17-2)3-4-14(9)15(16)12-7-10-6-11(10)8-12/h3-5,10-12,15H,6-8H2,1-2H3. The molecule has 0 aromatic heterocycles. The minimum absolute atomic E-state index is 0.189. The molecule has 0 heterocycles. The lowest BCUT2D eigenvalue weighted by atomic mass is 9.92. The topological polar surface area (TPSA) is 9.23 Å². The highest BCUT2D eigenvalue weighted by Crippen LogP contribution is 2.58. The molecule has 2 aliphatic carbocycles. The molecule has 0 radical (unpaired) electrons. The van der Waals surface area contributed by atoms with E-state index in [1.165, 1.54) is 30.4 Å². The van der Waals surface area contributed by atoms with E-state index in [2.05, 4.69) is 19.1 Å². The van der Waals surface area contributed by atoms with E-state index in [1.54, 1.807) is 7.11 Å². The van der Waals surface area contributed by atoms with Gasteiger partial charge in [-0.1, -0.05) is 6.07 Å². The summed E-state index contributed by atoms with van der Waals surface area (Å²) in [6.45, 7) is 2.13. The molecule has 0 amide bonds. The van der Waals surface area contributed by atoms with Crippen molar-refractivity contribution in [3.8, 4) is 5.75 Å². The first-order chi connectivity index (χ1) is 8.19. The predicted octanol–water partition coefficient (Wildman–Crippen LogP) is 4.33. The van der Waals surface area contributed by atoms with Crippen LogP contribution in [0.15, 0.2) is 18.2 Å². The van der Waals surface area contributed by atoms with Crippen molar-refractivity contribution in [2.24, 2.45) is 17.8 Å². The largest absolute Gasteiger partial charge is 0.497 e. The second kappa shape index (κ2) is 4.20. The SMILES string of the molecule is COc1ccc(C(Cl)C2CC3CC3C2)c(C)c1. The fourth-order valence-corrected chi connectivity index (χ4v) is 3.79. The number of rotatable bonds is 3. The first-order valence-corrected chi connectivity index (χ1v) is 6.91. The number of methoxy groups -OCH3 is 1. The number of ether oxygens (including phenoxy) is 1. The maximum atomic E-state index is 6.66. The number of aryl methyl sites for hydroxylation is 1. The quantitative estimate of drug-likeness (QED) is 0.726. The summed E-state index contributed by atoms with van der Waals surface area (Å²) in [4.78, 5) is 0. The van der Waals surface area contributed by atoms with Gasteiger partial charge in [-0.2, -0.15) is 0 Å². The van der Waals surface area contributed by atoms with Crippen molar-refractivity contribution in [1.82, 2.24) is 0 Å². The molecule has 0 bridgehead atoms. The van der Waals surface area contributed by atoms with Crippen LogP contribution in [0.2, 0.25) is 0 Å². The summed E-state index contributed by atoms with van der Waals surface area (Å²) in [5.41, 5.74) is 2.55. The van der Waals surface area contributed by atoms with Crippen molar-refractivity contribution in [2.75, 3.05) is 7.11 Å². The lowest BCUT2D eigenvalue weighted by Gasteiger charge is -2.21. The van der Waals surface area contributed by atoms with Crippen LogP contribution in [0.25, 0.3) is 0 Å². The maximum Gasteiger partial charge on any atom is 0.119 e. The summed E-state index contributed by atoms with van der Waals surface area (Å²) in [7, 11) is 1.71. The van der Waals surface area contributed by atoms with E-state index < -0.39 is 0 Å². The number of halogens is 1. The number of benzene rings is 1. The molecule has 0 spiro atoms. The molecule has 1 nitrogen and oxygen atoms in total. The van der Waals surface area contributed by atoms with Crippen molar-refractivity contribution in [3.63, 3.8) is 0 Å². The third-order valence-electron chi connectivity index (χ3n) is 4.47. The number of alkyl halides is 1. The predicted molar refractivity (Wildman–Crippen MR) is 70.6 cm³/mol. The molecular weight excluding hydrogens is 232 g/mol. The molecular formula is C15H19ClO. The smallest absolute Gasteiger partial charge is 0.119 e. The van der Waals surface area contributed by atoms with Crippen molar-refractivity contribution in [3.05, 3.63) is 29.3 Å². The van der Waals surface area contributed by atoms with Gasteiger partial charge in [0.25, 0.3) is 0 Å². The fourth-order valence-electron chi connectivity index (χ4n) is 3.34. The van der Waals surface area contributed by atoms with Gasteiger partial charge >= 0.3 is 0 Å². The van der Waals surface area contributed by atoms with E-state index >= 15 is 0 Å². The fraction of sp³-hybridized carbons (Fsp3) is 0.600. The van der Waals surface area contributed by atoms with Crippen LogP contribution >= 0.6 is 11.6 Å². The van der Waals surface area contributed by atoms with E-state index in [0.29, 0.717) is 5.92 Å². The molecule has 3 unspecified atom stereocenters. The Morgan fingerprint density at radius 1 is 1.24 bits per heavy atom. The highest BCUT2D eigenvalue weighted by molar-refractivity contribution is 6.21. The van der Waals surface area contributed by atoms with Crippen molar-refractivity contribution in [2.45, 2.75) is 31.6 Å². The zero-order valence-corrected chi connectivity index (χ0v) is 11.2. The number of fused-ring (bicyclic) bond motifs is 1. The molecule has 2 heteroatoms. The van der Waals surface area contributed by atoms with E-state index in [4.69, 9.17) is 16.3 Å². The summed E-state index contributed by atoms with van der Waals surface area (Å²) in [5.74, 6) is 3.61. The Morgan fingerprint density at radius 3 is 2.53 bits per heavy atom. The van der Waals surface area contributed by atoms with Crippen molar-refractivity contribution >= 4 is 11.6 Å². The zero-order chi connectivity index (χ0) is 12.0. The highest BCUT2D eigenvalue weighted by atomic mass is 35.5. The highest BCUT2D eigenvalue weighted by Gasteiger charge is 2.47. The summed E-state index contributed by atoms with van der Waals surface area (Å²) in [6.07, 6.45) is 4.14. The normalized spacial score (nSPS) is 32.1. The van der Waals surface area contributed by atoms with Gasteiger partial charge in [0.15, 0.2) is 0 Å². The second-order valence-electron chi connectivity index (χ2n) is 5.61. The van der Waals surface area contributed by atoms with Gasteiger partial charge in [-0.25, -0.2) is 0 Å². The van der Waals surface area contributed by atoms with Gasteiger partial charge in [0, 0.05) is 0 Å². The van der Waals surface area contributed by atoms with Gasteiger partial charge in [-0.3, -0.25) is 0 Å². The third-order valence-corrected chi connectivity index (χ3v) is 5.06. The van der Waals surface area contributed by atoms with Crippen molar-refractivity contribution in [1.29, 1.82) is 0 Å². The second-order valence-corrected chi connectivity index (χ2v) is 6.08. The van der Waals surface area contributed by atoms with Gasteiger partial charge in [-0.05, 0) is 67.2 Å². The average molecular weight is 251 g/mol. The molecule has 0 N–H and O–H groups in total. The van der Waals surface area contributed by atoms with Gasteiger partial charge in [0.1, 0.15) is 5.75 Å². The van der Waals surface area contributed by atoms with Crippen LogP contribution in [0.5, 0.6) is 5.75 Å². The van der Waals surface area contributed by atoms with Gasteiger partial charge in [0.05, 0.1) is 12.5 Å². The van der Waals surface area contributed by atoms with Crippen LogP contribution in [0.3, 0.4) is 0 Å². The lowest BCUT2D eigenvalue weighted by Crippen LogP contribution is -2.07. The summed E-state index contributed by atoms with van der Waals surface area (Å²) >= 11 is 6.66. The molecule has 2 fully saturated rings. The molecule has 0 saturated heterocycles. The number of hydrogen-bond donors (Lipinski definition) is 0. The monoisotopic (exact) mass is 250 g/mol. The van der Waals surface area contributed by atoms with Crippen LogP contribution in [0.1, 0.15) is 35.8 Å². The minimum atomic E-state index is 0.189. The maximum absolute atomic E-state index is 6.66. The molecule has 2 saturated carbocycles. The lowest BCUT2D eigenvalue weighted by molar-refractivity contribution is 0.413. The Hall–Kier alpha value is -0.690.